The Labute approximate surface area is 248 Å². The largest absolute Gasteiger partial charge is 0.477 e. The molecule has 3 aliphatic rings. The van der Waals surface area contributed by atoms with E-state index in [1.54, 1.807) is 23.9 Å². The number of aryl methyl sites for hydroxylation is 1. The summed E-state index contributed by atoms with van der Waals surface area (Å²) in [5.74, 6) is -0.0945. The van der Waals surface area contributed by atoms with Crippen molar-refractivity contribution in [2.75, 3.05) is 44.4 Å². The Balaban J connectivity index is 1.46. The van der Waals surface area contributed by atoms with E-state index in [0.29, 0.717) is 35.0 Å². The van der Waals surface area contributed by atoms with Crippen LogP contribution < -0.4 is 15.6 Å². The molecule has 1 saturated carbocycles. The van der Waals surface area contributed by atoms with Gasteiger partial charge in [0.25, 0.3) is 0 Å². The van der Waals surface area contributed by atoms with Crippen LogP contribution in [-0.2, 0) is 13.5 Å². The van der Waals surface area contributed by atoms with E-state index in [2.05, 4.69) is 34.2 Å². The number of halogens is 1. The van der Waals surface area contributed by atoms with Crippen molar-refractivity contribution in [3.05, 3.63) is 68.9 Å². The SMILES string of the molecule is CNc1cc(Cl)cc2c1Cc1ncc(-c3cnc4c(c3)c(=O)c(C(=O)O)cn4C)c(N3CC4[C@H](CC[C@H]4N(C)C)C3)c1-2. The number of carbonyl (C=O) groups is 1. The summed E-state index contributed by atoms with van der Waals surface area (Å²) in [6.45, 7) is 1.87. The molecule has 1 saturated heterocycles. The van der Waals surface area contributed by atoms with Crippen molar-refractivity contribution in [2.45, 2.75) is 25.3 Å². The van der Waals surface area contributed by atoms with Gasteiger partial charge in [0.15, 0.2) is 0 Å². The Kier molecular flexibility index (Phi) is 6.29. The van der Waals surface area contributed by atoms with E-state index in [9.17, 15) is 14.7 Å². The molecule has 10 heteroatoms. The summed E-state index contributed by atoms with van der Waals surface area (Å²) in [5.41, 5.74) is 7.64. The van der Waals surface area contributed by atoms with Gasteiger partial charge in [-0.3, -0.25) is 9.78 Å². The van der Waals surface area contributed by atoms with Gasteiger partial charge in [-0.2, -0.15) is 0 Å². The molecule has 0 bridgehead atoms. The second-order valence-electron chi connectivity index (χ2n) is 12.1. The van der Waals surface area contributed by atoms with Gasteiger partial charge >= 0.3 is 5.97 Å². The minimum Gasteiger partial charge on any atom is -0.477 e. The first-order valence-electron chi connectivity index (χ1n) is 14.3. The van der Waals surface area contributed by atoms with Crippen LogP contribution in [0.25, 0.3) is 33.3 Å². The lowest BCUT2D eigenvalue weighted by Crippen LogP contribution is -2.35. The summed E-state index contributed by atoms with van der Waals surface area (Å²) in [6, 6.07) is 6.30. The van der Waals surface area contributed by atoms with Crippen molar-refractivity contribution in [3.63, 3.8) is 0 Å². The standard InChI is InChI=1S/C32H33ClN6O3/c1-34-25-9-18(33)8-20-19(25)10-26-28(20)29(39-13-16-5-6-27(37(2)3)23(16)15-39)22(12-35-26)17-7-21-30(40)24(32(41)42)14-38(4)31(21)36-11-17/h7-9,11-12,14,16,23,27,34H,5-6,10,13,15H2,1-4H3,(H,41,42)/t16-,23?,27-/m1/s1. The molecule has 9 nitrogen and oxygen atoms in total. The molecule has 2 fully saturated rings. The lowest BCUT2D eigenvalue weighted by Gasteiger charge is -2.29. The van der Waals surface area contributed by atoms with E-state index in [1.165, 1.54) is 24.6 Å². The van der Waals surface area contributed by atoms with Gasteiger partial charge in [-0.15, -0.1) is 0 Å². The van der Waals surface area contributed by atoms with E-state index in [4.69, 9.17) is 16.6 Å². The highest BCUT2D eigenvalue weighted by Gasteiger charge is 2.45. The lowest BCUT2D eigenvalue weighted by atomic mass is 9.97. The van der Waals surface area contributed by atoms with Crippen LogP contribution >= 0.6 is 11.6 Å². The van der Waals surface area contributed by atoms with E-state index in [0.717, 1.165) is 52.4 Å². The average molecular weight is 585 g/mol. The number of pyridine rings is 3. The average Bonchev–Trinajstić information content (AvgIpc) is 3.66. The number of fused-ring (bicyclic) bond motifs is 5. The van der Waals surface area contributed by atoms with Crippen molar-refractivity contribution in [2.24, 2.45) is 18.9 Å². The van der Waals surface area contributed by atoms with Crippen LogP contribution in [-0.4, -0.2) is 70.8 Å². The minimum absolute atomic E-state index is 0.272. The number of carboxylic acids is 1. The Hall–Kier alpha value is -3.95. The zero-order valence-electron chi connectivity index (χ0n) is 24.1. The third-order valence-electron chi connectivity index (χ3n) is 9.58. The van der Waals surface area contributed by atoms with Gasteiger partial charge < -0.3 is 24.8 Å². The summed E-state index contributed by atoms with van der Waals surface area (Å²) in [7, 11) is 7.96. The predicted octanol–water partition coefficient (Wildman–Crippen LogP) is 4.74. The maximum absolute atomic E-state index is 13.3. The molecule has 7 rings (SSSR count). The molecule has 4 heterocycles. The third kappa shape index (κ3) is 4.01. The van der Waals surface area contributed by atoms with Crippen LogP contribution in [0.4, 0.5) is 11.4 Å². The van der Waals surface area contributed by atoms with Gasteiger partial charge in [-0.05, 0) is 68.1 Å². The fourth-order valence-electron chi connectivity index (χ4n) is 7.66. The van der Waals surface area contributed by atoms with E-state index >= 15 is 0 Å². The van der Waals surface area contributed by atoms with Crippen LogP contribution in [0.1, 0.15) is 34.5 Å². The number of anilines is 2. The summed E-state index contributed by atoms with van der Waals surface area (Å²) in [4.78, 5) is 39.5. The van der Waals surface area contributed by atoms with Crippen LogP contribution in [0.3, 0.4) is 0 Å². The molecule has 216 valence electrons. The quantitative estimate of drug-likeness (QED) is 0.305. The molecule has 0 amide bonds. The smallest absolute Gasteiger partial charge is 0.341 e. The Morgan fingerprint density at radius 1 is 1.12 bits per heavy atom. The lowest BCUT2D eigenvalue weighted by molar-refractivity contribution is 0.0695. The van der Waals surface area contributed by atoms with Crippen LogP contribution in [0.2, 0.25) is 5.02 Å². The molecule has 4 aromatic rings. The second-order valence-corrected chi connectivity index (χ2v) is 12.5. The highest BCUT2D eigenvalue weighted by atomic mass is 35.5. The minimum atomic E-state index is -1.25. The first kappa shape index (κ1) is 26.9. The maximum Gasteiger partial charge on any atom is 0.341 e. The number of carboxylic acid groups (broad SMARTS) is 1. The summed E-state index contributed by atoms with van der Waals surface area (Å²) < 4.78 is 1.59. The van der Waals surface area contributed by atoms with Crippen molar-refractivity contribution < 1.29 is 9.90 Å². The van der Waals surface area contributed by atoms with Crippen molar-refractivity contribution in [3.8, 4) is 22.3 Å². The zero-order valence-corrected chi connectivity index (χ0v) is 24.9. The predicted molar refractivity (Wildman–Crippen MR) is 166 cm³/mol. The molecule has 42 heavy (non-hydrogen) atoms. The number of hydrogen-bond donors (Lipinski definition) is 2. The zero-order chi connectivity index (χ0) is 29.4. The highest BCUT2D eigenvalue weighted by molar-refractivity contribution is 6.31. The fraction of sp³-hybridized carbons (Fsp3) is 0.375. The van der Waals surface area contributed by atoms with Crippen molar-refractivity contribution in [1.82, 2.24) is 19.4 Å². The fourth-order valence-corrected chi connectivity index (χ4v) is 7.88. The molecule has 2 N–H and O–H groups in total. The number of nitrogens with one attached hydrogen (secondary N) is 1. The van der Waals surface area contributed by atoms with Gasteiger partial charge in [0, 0.05) is 85.6 Å². The molecular weight excluding hydrogens is 552 g/mol. The number of nitrogens with zero attached hydrogens (tertiary/aromatic N) is 5. The molecule has 0 spiro atoms. The van der Waals surface area contributed by atoms with Crippen LogP contribution in [0.5, 0.6) is 0 Å². The summed E-state index contributed by atoms with van der Waals surface area (Å²) in [6.07, 6.45) is 8.10. The maximum atomic E-state index is 13.3. The van der Waals surface area contributed by atoms with E-state index < -0.39 is 11.4 Å². The number of aromatic nitrogens is 3. The monoisotopic (exact) mass is 584 g/mol. The van der Waals surface area contributed by atoms with Gasteiger partial charge in [-0.1, -0.05) is 11.6 Å². The molecule has 3 aromatic heterocycles. The molecule has 1 aromatic carbocycles. The van der Waals surface area contributed by atoms with Gasteiger partial charge in [0.1, 0.15) is 11.2 Å². The Morgan fingerprint density at radius 2 is 1.93 bits per heavy atom. The summed E-state index contributed by atoms with van der Waals surface area (Å²) >= 11 is 6.64. The number of aromatic carboxylic acids is 1. The number of hydrogen-bond acceptors (Lipinski definition) is 7. The first-order chi connectivity index (χ1) is 20.2. The first-order valence-corrected chi connectivity index (χ1v) is 14.7. The molecule has 3 atom stereocenters. The normalized spacial score (nSPS) is 20.7. The second kappa shape index (κ2) is 9.81. The van der Waals surface area contributed by atoms with Gasteiger partial charge in [-0.25, -0.2) is 9.78 Å². The molecule has 0 radical (unpaired) electrons. The molecule has 1 aliphatic heterocycles. The topological polar surface area (TPSA) is 104 Å². The Morgan fingerprint density at radius 3 is 2.67 bits per heavy atom. The van der Waals surface area contributed by atoms with Crippen molar-refractivity contribution >= 4 is 40.0 Å². The molecular formula is C32H33ClN6O3. The highest BCUT2D eigenvalue weighted by Crippen LogP contribution is 2.52. The van der Waals surface area contributed by atoms with E-state index in [-0.39, 0.29) is 10.9 Å². The van der Waals surface area contributed by atoms with Gasteiger partial charge in [0.2, 0.25) is 5.43 Å². The van der Waals surface area contributed by atoms with Crippen molar-refractivity contribution in [1.29, 1.82) is 0 Å². The van der Waals surface area contributed by atoms with E-state index in [1.807, 2.05) is 25.4 Å². The molecule has 1 unspecified atom stereocenters. The molecule has 2 aliphatic carbocycles. The van der Waals surface area contributed by atoms with Crippen LogP contribution in [0, 0.1) is 11.8 Å². The Bertz CT molecular complexity index is 1850. The summed E-state index contributed by atoms with van der Waals surface area (Å²) in [5, 5.41) is 13.9. The number of benzene rings is 1. The van der Waals surface area contributed by atoms with Gasteiger partial charge in [0.05, 0.1) is 16.8 Å². The number of rotatable bonds is 5. The third-order valence-corrected chi connectivity index (χ3v) is 9.80. The van der Waals surface area contributed by atoms with Crippen LogP contribution in [0.15, 0.2) is 41.6 Å².